The molecule has 0 aliphatic carbocycles. The largest absolute Gasteiger partial charge is 0.442 e. The molecule has 6 nitrogen and oxygen atoms in total. The number of imidazole rings is 1. The van der Waals surface area contributed by atoms with Gasteiger partial charge in [0.05, 0.1) is 5.02 Å². The van der Waals surface area contributed by atoms with Crippen LogP contribution in [0.15, 0.2) is 24.3 Å². The molecule has 0 saturated carbocycles. The van der Waals surface area contributed by atoms with Crippen LogP contribution in [0.25, 0.3) is 11.4 Å². The maximum Gasteiger partial charge on any atom is 0.442 e. The van der Waals surface area contributed by atoms with Crippen molar-refractivity contribution in [2.75, 3.05) is 0 Å². The van der Waals surface area contributed by atoms with Crippen LogP contribution >= 0.6 is 11.6 Å². The maximum atomic E-state index is 11.4. The van der Waals surface area contributed by atoms with E-state index < -0.39 is 11.9 Å². The summed E-state index contributed by atoms with van der Waals surface area (Å²) in [4.78, 5) is 31.6. The summed E-state index contributed by atoms with van der Waals surface area (Å²) in [5.74, 6) is -1.86. The number of benzene rings is 1. The molecule has 0 N–H and O–H groups in total. The van der Waals surface area contributed by atoms with Crippen LogP contribution in [0.3, 0.4) is 0 Å². The fourth-order valence-corrected chi connectivity index (χ4v) is 1.96. The average Bonchev–Trinajstić information content (AvgIpc) is 2.62. The Labute approximate surface area is 112 Å². The summed E-state index contributed by atoms with van der Waals surface area (Å²) in [5.41, 5.74) is 0.985. The molecule has 1 aromatic carbocycles. The lowest BCUT2D eigenvalue weighted by atomic mass is 10.2. The summed E-state index contributed by atoms with van der Waals surface area (Å²) in [6.45, 7) is 1.62. The van der Waals surface area contributed by atoms with Crippen molar-refractivity contribution in [3.8, 4) is 17.3 Å². The predicted molar refractivity (Wildman–Crippen MR) is 64.6 cm³/mol. The van der Waals surface area contributed by atoms with E-state index in [4.69, 9.17) is 21.2 Å². The van der Waals surface area contributed by atoms with Gasteiger partial charge >= 0.3 is 11.9 Å². The number of carbonyl (C=O) groups excluding carboxylic acids is 2. The quantitative estimate of drug-likeness (QED) is 0.582. The van der Waals surface area contributed by atoms with E-state index in [1.807, 2.05) is 0 Å². The normalized spacial score (nSPS) is 13.8. The van der Waals surface area contributed by atoms with Crippen LogP contribution in [0.4, 0.5) is 0 Å². The van der Waals surface area contributed by atoms with Crippen molar-refractivity contribution < 1.29 is 19.2 Å². The Kier molecular flexibility index (Phi) is 2.53. The van der Waals surface area contributed by atoms with E-state index in [-0.39, 0.29) is 5.88 Å². The number of fused-ring (bicyclic) bond motifs is 2. The summed E-state index contributed by atoms with van der Waals surface area (Å²) in [6.07, 6.45) is 0. The topological polar surface area (TPSA) is 70.4 Å². The first-order valence-electron chi connectivity index (χ1n) is 5.36. The second kappa shape index (κ2) is 4.10. The number of hydrogen-bond acceptors (Lipinski definition) is 5. The molecule has 0 unspecified atom stereocenters. The van der Waals surface area contributed by atoms with E-state index in [9.17, 15) is 9.59 Å². The lowest BCUT2D eigenvalue weighted by Crippen LogP contribution is -2.30. The highest BCUT2D eigenvalue weighted by molar-refractivity contribution is 6.33. The Morgan fingerprint density at radius 3 is 2.68 bits per heavy atom. The summed E-state index contributed by atoms with van der Waals surface area (Å²) in [5, 5.41) is 0.447. The molecule has 3 rings (SSSR count). The van der Waals surface area contributed by atoms with Gasteiger partial charge in [-0.3, -0.25) is 0 Å². The molecule has 0 radical (unpaired) electrons. The number of rotatable bonds is 1. The van der Waals surface area contributed by atoms with Crippen molar-refractivity contribution in [1.82, 2.24) is 9.71 Å². The Morgan fingerprint density at radius 2 is 1.95 bits per heavy atom. The van der Waals surface area contributed by atoms with E-state index in [2.05, 4.69) is 4.98 Å². The highest BCUT2D eigenvalue weighted by Crippen LogP contribution is 2.31. The van der Waals surface area contributed by atoms with Gasteiger partial charge in [-0.1, -0.05) is 23.7 Å². The molecule has 2 heterocycles. The molecule has 1 aliphatic rings. The van der Waals surface area contributed by atoms with Crippen molar-refractivity contribution >= 4 is 23.5 Å². The summed E-state index contributed by atoms with van der Waals surface area (Å²) in [6, 6.07) is 6.95. The standard InChI is InChI=1S/C12H7ClN2O4/c1-6-10-14-9(7-4-2-3-5-8(7)13)15(6)19-12(17)11(16)18-10/h2-5H,1H3. The van der Waals surface area contributed by atoms with Gasteiger partial charge in [0, 0.05) is 5.56 Å². The molecule has 1 aromatic heterocycles. The third-order valence-electron chi connectivity index (χ3n) is 2.66. The fraction of sp³-hybridized carbons (Fsp3) is 0.0833. The van der Waals surface area contributed by atoms with Gasteiger partial charge in [0.15, 0.2) is 5.82 Å². The van der Waals surface area contributed by atoms with Gasteiger partial charge in [-0.2, -0.15) is 9.71 Å². The van der Waals surface area contributed by atoms with E-state index >= 15 is 0 Å². The third-order valence-corrected chi connectivity index (χ3v) is 2.99. The first-order valence-corrected chi connectivity index (χ1v) is 5.74. The molecule has 0 atom stereocenters. The molecule has 0 fully saturated rings. The van der Waals surface area contributed by atoms with Crippen molar-refractivity contribution in [3.63, 3.8) is 0 Å². The van der Waals surface area contributed by atoms with Gasteiger partial charge in [-0.05, 0) is 19.1 Å². The molecule has 1 aliphatic heterocycles. The molecule has 19 heavy (non-hydrogen) atoms. The van der Waals surface area contributed by atoms with E-state index in [1.54, 1.807) is 31.2 Å². The number of ether oxygens (including phenoxy) is 1. The number of nitrogens with zero attached hydrogens (tertiary/aromatic N) is 2. The maximum absolute atomic E-state index is 11.4. The van der Waals surface area contributed by atoms with Crippen molar-refractivity contribution in [2.45, 2.75) is 6.92 Å². The molecule has 2 aromatic rings. The second-order valence-corrected chi connectivity index (χ2v) is 4.28. The Morgan fingerprint density at radius 1 is 1.21 bits per heavy atom. The van der Waals surface area contributed by atoms with Crippen LogP contribution in [0.2, 0.25) is 5.02 Å². The zero-order valence-corrected chi connectivity index (χ0v) is 10.5. The molecular weight excluding hydrogens is 272 g/mol. The van der Waals surface area contributed by atoms with Gasteiger partial charge in [0.2, 0.25) is 5.88 Å². The molecule has 0 amide bonds. The lowest BCUT2D eigenvalue weighted by molar-refractivity contribution is -0.161. The highest BCUT2D eigenvalue weighted by atomic mass is 35.5. The van der Waals surface area contributed by atoms with E-state index in [0.29, 0.717) is 22.1 Å². The van der Waals surface area contributed by atoms with Crippen molar-refractivity contribution in [1.29, 1.82) is 0 Å². The monoisotopic (exact) mass is 278 g/mol. The van der Waals surface area contributed by atoms with Gasteiger partial charge in [0.1, 0.15) is 5.69 Å². The number of carbonyl (C=O) groups is 2. The number of hydrogen-bond donors (Lipinski definition) is 0. The minimum Gasteiger partial charge on any atom is -0.397 e. The van der Waals surface area contributed by atoms with E-state index in [0.717, 1.165) is 4.73 Å². The SMILES string of the molecule is Cc1c2nc(-c3ccccc3Cl)n1OC(=O)C(=O)O2. The van der Waals surface area contributed by atoms with Crippen LogP contribution in [-0.2, 0) is 9.59 Å². The molecule has 0 saturated heterocycles. The number of esters is 1. The molecule has 96 valence electrons. The Bertz CT molecular complexity index is 708. The van der Waals surface area contributed by atoms with Crippen molar-refractivity contribution in [3.05, 3.63) is 35.0 Å². The molecule has 2 bridgehead atoms. The van der Waals surface area contributed by atoms with E-state index in [1.165, 1.54) is 0 Å². The van der Waals surface area contributed by atoms with Crippen LogP contribution in [0.5, 0.6) is 5.88 Å². The smallest absolute Gasteiger partial charge is 0.397 e. The Balaban J connectivity index is 2.21. The predicted octanol–water partition coefficient (Wildman–Crippen LogP) is 1.39. The minimum atomic E-state index is -1.10. The third kappa shape index (κ3) is 1.77. The summed E-state index contributed by atoms with van der Waals surface area (Å²) >= 11 is 6.07. The van der Waals surface area contributed by atoms with Crippen LogP contribution in [-0.4, -0.2) is 21.7 Å². The van der Waals surface area contributed by atoms with Gasteiger partial charge in [0.25, 0.3) is 0 Å². The molecule has 7 heteroatoms. The van der Waals surface area contributed by atoms with Crippen LogP contribution < -0.4 is 9.57 Å². The lowest BCUT2D eigenvalue weighted by Gasteiger charge is -2.08. The highest BCUT2D eigenvalue weighted by Gasteiger charge is 2.31. The number of aromatic nitrogens is 2. The van der Waals surface area contributed by atoms with Gasteiger partial charge in [-0.25, -0.2) is 9.59 Å². The minimum absolute atomic E-state index is 0.0331. The zero-order valence-electron chi connectivity index (χ0n) is 9.71. The zero-order chi connectivity index (χ0) is 13.6. The first kappa shape index (κ1) is 11.7. The Hall–Kier alpha value is -2.34. The van der Waals surface area contributed by atoms with Crippen molar-refractivity contribution in [2.24, 2.45) is 0 Å². The van der Waals surface area contributed by atoms with Crippen LogP contribution in [0, 0.1) is 6.92 Å². The summed E-state index contributed by atoms with van der Waals surface area (Å²) < 4.78 is 5.95. The first-order chi connectivity index (χ1) is 9.08. The fourth-order valence-electron chi connectivity index (χ4n) is 1.74. The molecule has 0 spiro atoms. The van der Waals surface area contributed by atoms with Gasteiger partial charge in [-0.15, -0.1) is 0 Å². The summed E-state index contributed by atoms with van der Waals surface area (Å²) in [7, 11) is 0. The average molecular weight is 279 g/mol. The number of halogens is 1. The van der Waals surface area contributed by atoms with Crippen LogP contribution in [0.1, 0.15) is 5.69 Å². The van der Waals surface area contributed by atoms with Gasteiger partial charge < -0.3 is 9.57 Å². The second-order valence-electron chi connectivity index (χ2n) is 3.87. The molecular formula is C12H7ClN2O4.